The van der Waals surface area contributed by atoms with Crippen LogP contribution in [0.15, 0.2) is 60.9 Å². The Balaban J connectivity index is 1.34. The average Bonchev–Trinajstić information content (AvgIpc) is 3.64. The summed E-state index contributed by atoms with van der Waals surface area (Å²) in [6.45, 7) is 0. The molecule has 4 unspecified atom stereocenters. The van der Waals surface area contributed by atoms with Gasteiger partial charge in [-0.25, -0.2) is 9.69 Å². The molecule has 33 heavy (non-hydrogen) atoms. The van der Waals surface area contributed by atoms with Crippen molar-refractivity contribution < 1.29 is 14.3 Å². The van der Waals surface area contributed by atoms with Crippen molar-refractivity contribution in [2.75, 3.05) is 4.90 Å². The van der Waals surface area contributed by atoms with Gasteiger partial charge in [0.1, 0.15) is 0 Å². The second kappa shape index (κ2) is 8.12. The second-order valence-electron chi connectivity index (χ2n) is 9.19. The van der Waals surface area contributed by atoms with E-state index >= 15 is 0 Å². The van der Waals surface area contributed by atoms with E-state index in [9.17, 15) is 9.59 Å². The summed E-state index contributed by atoms with van der Waals surface area (Å²) in [7, 11) is 0. The number of urea groups is 1. The molecule has 2 saturated carbocycles. The summed E-state index contributed by atoms with van der Waals surface area (Å²) in [6.07, 6.45) is 6.73. The Hall–Kier alpha value is -2.96. The third-order valence-corrected chi connectivity index (χ3v) is 7.41. The van der Waals surface area contributed by atoms with Crippen LogP contribution in [0.2, 0.25) is 5.02 Å². The highest BCUT2D eigenvalue weighted by Crippen LogP contribution is 2.45. The van der Waals surface area contributed by atoms with Gasteiger partial charge < -0.3 is 10.1 Å². The normalized spacial score (nSPS) is 27.4. The van der Waals surface area contributed by atoms with E-state index < -0.39 is 6.03 Å². The Kier molecular flexibility index (Phi) is 5.07. The maximum atomic E-state index is 13.7. The number of pyridine rings is 1. The highest BCUT2D eigenvalue weighted by molar-refractivity contribution is 6.31. The van der Waals surface area contributed by atoms with Crippen LogP contribution < -0.4 is 10.2 Å². The molecule has 6 nitrogen and oxygen atoms in total. The number of hydrogen-bond donors (Lipinski definition) is 1. The minimum atomic E-state index is -0.404. The van der Waals surface area contributed by atoms with Crippen LogP contribution in [0.4, 0.5) is 10.5 Å². The lowest BCUT2D eigenvalue weighted by Crippen LogP contribution is -2.63. The molecule has 0 bridgehead atoms. The molecule has 3 fully saturated rings. The van der Waals surface area contributed by atoms with Gasteiger partial charge in [-0.2, -0.15) is 0 Å². The molecule has 0 spiro atoms. The SMILES string of the molecule is O=C1NC2CC(c3ccccc3Cl)C(OC3CC3)CC2C(=O)N1c1cncc2ccccc12. The molecule has 168 valence electrons. The topological polar surface area (TPSA) is 71.5 Å². The minimum Gasteiger partial charge on any atom is -0.374 e. The van der Waals surface area contributed by atoms with Crippen LogP contribution in [0, 0.1) is 5.92 Å². The summed E-state index contributed by atoms with van der Waals surface area (Å²) in [5, 5.41) is 5.52. The summed E-state index contributed by atoms with van der Waals surface area (Å²) in [4.78, 5) is 32.5. The molecule has 0 radical (unpaired) electrons. The van der Waals surface area contributed by atoms with Crippen molar-refractivity contribution >= 4 is 40.0 Å². The zero-order valence-corrected chi connectivity index (χ0v) is 18.7. The van der Waals surface area contributed by atoms with E-state index in [0.29, 0.717) is 23.6 Å². The summed E-state index contributed by atoms with van der Waals surface area (Å²) in [5.41, 5.74) is 1.53. The van der Waals surface area contributed by atoms with Crippen molar-refractivity contribution in [3.63, 3.8) is 0 Å². The molecular weight excluding hydrogens is 438 g/mol. The molecule has 3 aromatic rings. The molecule has 1 saturated heterocycles. The van der Waals surface area contributed by atoms with Crippen molar-refractivity contribution in [1.29, 1.82) is 0 Å². The number of aromatic nitrogens is 1. The third-order valence-electron chi connectivity index (χ3n) is 7.06. The Morgan fingerprint density at radius 1 is 0.970 bits per heavy atom. The molecule has 6 rings (SSSR count). The van der Waals surface area contributed by atoms with E-state index in [1.165, 1.54) is 4.90 Å². The summed E-state index contributed by atoms with van der Waals surface area (Å²) < 4.78 is 6.41. The summed E-state index contributed by atoms with van der Waals surface area (Å²) in [6, 6.07) is 14.8. The van der Waals surface area contributed by atoms with Crippen LogP contribution in [0.3, 0.4) is 0 Å². The monoisotopic (exact) mass is 461 g/mol. The first-order valence-corrected chi connectivity index (χ1v) is 11.8. The molecule has 1 aromatic heterocycles. The first kappa shape index (κ1) is 20.6. The van der Waals surface area contributed by atoms with Gasteiger partial charge in [-0.15, -0.1) is 0 Å². The number of amides is 3. The van der Waals surface area contributed by atoms with Gasteiger partial charge in [0.15, 0.2) is 0 Å². The van der Waals surface area contributed by atoms with Gasteiger partial charge in [0.05, 0.1) is 30.0 Å². The predicted octanol–water partition coefficient (Wildman–Crippen LogP) is 5.05. The van der Waals surface area contributed by atoms with Gasteiger partial charge in [0.2, 0.25) is 5.91 Å². The number of halogens is 1. The lowest BCUT2D eigenvalue weighted by atomic mass is 9.72. The lowest BCUT2D eigenvalue weighted by molar-refractivity contribution is -0.127. The number of benzene rings is 2. The average molecular weight is 462 g/mol. The van der Waals surface area contributed by atoms with Crippen LogP contribution >= 0.6 is 11.6 Å². The number of hydrogen-bond acceptors (Lipinski definition) is 4. The number of carbonyl (C=O) groups excluding carboxylic acids is 2. The Morgan fingerprint density at radius 3 is 2.58 bits per heavy atom. The van der Waals surface area contributed by atoms with Gasteiger partial charge in [0, 0.05) is 34.0 Å². The molecule has 1 aliphatic heterocycles. The van der Waals surface area contributed by atoms with Crippen LogP contribution in [0.5, 0.6) is 0 Å². The summed E-state index contributed by atoms with van der Waals surface area (Å²) >= 11 is 6.54. The zero-order valence-electron chi connectivity index (χ0n) is 18.0. The number of ether oxygens (including phenoxy) is 1. The molecule has 2 aliphatic carbocycles. The number of fused-ring (bicyclic) bond motifs is 2. The van der Waals surface area contributed by atoms with E-state index in [1.54, 1.807) is 12.4 Å². The van der Waals surface area contributed by atoms with Crippen molar-refractivity contribution in [3.8, 4) is 0 Å². The van der Waals surface area contributed by atoms with E-state index in [2.05, 4.69) is 10.3 Å². The van der Waals surface area contributed by atoms with Crippen LogP contribution in [-0.2, 0) is 9.53 Å². The molecule has 4 atom stereocenters. The van der Waals surface area contributed by atoms with Gasteiger partial charge in [-0.05, 0) is 37.3 Å². The minimum absolute atomic E-state index is 0.0272. The van der Waals surface area contributed by atoms with Crippen molar-refractivity contribution in [1.82, 2.24) is 10.3 Å². The van der Waals surface area contributed by atoms with Crippen molar-refractivity contribution in [2.24, 2.45) is 5.92 Å². The largest absolute Gasteiger partial charge is 0.374 e. The van der Waals surface area contributed by atoms with E-state index in [1.807, 2.05) is 48.5 Å². The third kappa shape index (κ3) is 3.67. The number of rotatable bonds is 4. The van der Waals surface area contributed by atoms with Gasteiger partial charge >= 0.3 is 6.03 Å². The molecule has 2 aromatic carbocycles. The Labute approximate surface area is 196 Å². The maximum absolute atomic E-state index is 13.7. The predicted molar refractivity (Wildman–Crippen MR) is 126 cm³/mol. The van der Waals surface area contributed by atoms with Crippen molar-refractivity contribution in [3.05, 3.63) is 71.5 Å². The van der Waals surface area contributed by atoms with E-state index in [-0.39, 0.29) is 36.0 Å². The van der Waals surface area contributed by atoms with Gasteiger partial charge in [0.25, 0.3) is 0 Å². The smallest absolute Gasteiger partial charge is 0.329 e. The highest BCUT2D eigenvalue weighted by atomic mass is 35.5. The van der Waals surface area contributed by atoms with E-state index in [4.69, 9.17) is 16.3 Å². The molecule has 2 heterocycles. The number of nitrogens with zero attached hydrogens (tertiary/aromatic N) is 2. The molecular formula is C26H24ClN3O3. The Bertz CT molecular complexity index is 1240. The maximum Gasteiger partial charge on any atom is 0.329 e. The highest BCUT2D eigenvalue weighted by Gasteiger charge is 2.50. The lowest BCUT2D eigenvalue weighted by Gasteiger charge is -2.45. The number of carbonyl (C=O) groups is 2. The fourth-order valence-electron chi connectivity index (χ4n) is 5.30. The van der Waals surface area contributed by atoms with E-state index in [0.717, 1.165) is 29.2 Å². The molecule has 1 N–H and O–H groups in total. The quantitative estimate of drug-likeness (QED) is 0.589. The standard InChI is InChI=1S/C26H24ClN3O3/c27-21-8-4-3-7-18(21)19-11-22-20(12-24(19)33-16-9-10-16)25(31)30(26(32)29-22)23-14-28-13-15-5-1-2-6-17(15)23/h1-8,13-14,16,19-20,22,24H,9-12H2,(H,29,32). The van der Waals surface area contributed by atoms with Crippen LogP contribution in [-0.4, -0.2) is 35.2 Å². The summed E-state index contributed by atoms with van der Waals surface area (Å²) in [5.74, 6) is -0.521. The zero-order chi connectivity index (χ0) is 22.5. The first-order chi connectivity index (χ1) is 16.1. The number of imide groups is 1. The Morgan fingerprint density at radius 2 is 1.76 bits per heavy atom. The number of anilines is 1. The molecule has 3 aliphatic rings. The van der Waals surface area contributed by atoms with Crippen LogP contribution in [0.1, 0.15) is 37.2 Å². The fraction of sp³-hybridized carbons (Fsp3) is 0.346. The molecule has 7 heteroatoms. The van der Waals surface area contributed by atoms with Crippen molar-refractivity contribution in [2.45, 2.75) is 49.9 Å². The van der Waals surface area contributed by atoms with Gasteiger partial charge in [-0.1, -0.05) is 54.1 Å². The number of nitrogens with one attached hydrogen (secondary N) is 1. The van der Waals surface area contributed by atoms with Gasteiger partial charge in [-0.3, -0.25) is 9.78 Å². The fourth-order valence-corrected chi connectivity index (χ4v) is 5.58. The second-order valence-corrected chi connectivity index (χ2v) is 9.60. The van der Waals surface area contributed by atoms with Crippen LogP contribution in [0.25, 0.3) is 10.8 Å². The first-order valence-electron chi connectivity index (χ1n) is 11.5. The molecule has 3 amide bonds.